The number of amides is 1. The largest absolute Gasteiger partial charge is 0.374 e. The zero-order chi connectivity index (χ0) is 14.1. The Morgan fingerprint density at radius 2 is 1.95 bits per heavy atom. The van der Waals surface area contributed by atoms with Crippen LogP contribution >= 0.6 is 15.9 Å². The van der Waals surface area contributed by atoms with E-state index in [1.165, 1.54) is 5.56 Å². The highest BCUT2D eigenvalue weighted by Crippen LogP contribution is 2.37. The molecule has 0 radical (unpaired) electrons. The summed E-state index contributed by atoms with van der Waals surface area (Å²) < 4.78 is 0.961. The van der Waals surface area contributed by atoms with E-state index in [0.717, 1.165) is 28.0 Å². The van der Waals surface area contributed by atoms with E-state index in [2.05, 4.69) is 40.3 Å². The van der Waals surface area contributed by atoms with E-state index in [4.69, 9.17) is 0 Å². The van der Waals surface area contributed by atoms with Gasteiger partial charge in [0.1, 0.15) is 0 Å². The summed E-state index contributed by atoms with van der Waals surface area (Å²) in [6.45, 7) is 2.45. The minimum Gasteiger partial charge on any atom is -0.374 e. The van der Waals surface area contributed by atoms with Crippen molar-refractivity contribution in [1.82, 2.24) is 0 Å². The van der Waals surface area contributed by atoms with Gasteiger partial charge >= 0.3 is 0 Å². The van der Waals surface area contributed by atoms with E-state index in [9.17, 15) is 4.79 Å². The smallest absolute Gasteiger partial charge is 0.250 e. The fourth-order valence-corrected chi connectivity index (χ4v) is 2.74. The molecule has 0 bridgehead atoms. The van der Waals surface area contributed by atoms with Crippen molar-refractivity contribution in [3.05, 3.63) is 52.5 Å². The summed E-state index contributed by atoms with van der Waals surface area (Å²) in [4.78, 5) is 14.0. The minimum absolute atomic E-state index is 0.0554. The van der Waals surface area contributed by atoms with Crippen molar-refractivity contribution < 1.29 is 4.79 Å². The average Bonchev–Trinajstić information content (AvgIpc) is 2.47. The Morgan fingerprint density at radius 3 is 2.65 bits per heavy atom. The first-order valence-corrected chi connectivity index (χ1v) is 7.43. The lowest BCUT2D eigenvalue weighted by Gasteiger charge is -2.30. The molecule has 0 saturated carbocycles. The van der Waals surface area contributed by atoms with Gasteiger partial charge in [0.15, 0.2) is 0 Å². The van der Waals surface area contributed by atoms with Crippen molar-refractivity contribution in [1.29, 1.82) is 0 Å². The monoisotopic (exact) mass is 330 g/mol. The Bertz CT molecular complexity index is 652. The fourth-order valence-electron chi connectivity index (χ4n) is 2.39. The van der Waals surface area contributed by atoms with E-state index < -0.39 is 0 Å². The van der Waals surface area contributed by atoms with Gasteiger partial charge in [-0.25, -0.2) is 0 Å². The molecule has 0 aliphatic carbocycles. The highest BCUT2D eigenvalue weighted by atomic mass is 79.9. The van der Waals surface area contributed by atoms with Crippen LogP contribution in [0.1, 0.15) is 12.5 Å². The van der Waals surface area contributed by atoms with Crippen LogP contribution in [0.5, 0.6) is 0 Å². The lowest BCUT2D eigenvalue weighted by molar-refractivity contribution is -0.116. The predicted octanol–water partition coefficient (Wildman–Crippen LogP) is 4.10. The highest BCUT2D eigenvalue weighted by Gasteiger charge is 2.25. The van der Waals surface area contributed by atoms with Crippen LogP contribution < -0.4 is 10.2 Å². The summed E-state index contributed by atoms with van der Waals surface area (Å²) in [5, 5.41) is 3.15. The summed E-state index contributed by atoms with van der Waals surface area (Å²) in [5.41, 5.74) is 4.05. The number of benzene rings is 2. The second-order valence-electron chi connectivity index (χ2n) is 4.76. The number of rotatable bonds is 2. The summed E-state index contributed by atoms with van der Waals surface area (Å²) in [5.74, 6) is 0.0554. The van der Waals surface area contributed by atoms with Crippen molar-refractivity contribution in [2.24, 2.45) is 0 Å². The number of hydrogen-bond donors (Lipinski definition) is 1. The topological polar surface area (TPSA) is 32.3 Å². The van der Waals surface area contributed by atoms with E-state index in [1.54, 1.807) is 4.90 Å². The van der Waals surface area contributed by atoms with Crippen LogP contribution in [-0.4, -0.2) is 12.5 Å². The molecule has 2 aromatic carbocycles. The van der Waals surface area contributed by atoms with Crippen LogP contribution in [0, 0.1) is 0 Å². The number of hydrogen-bond acceptors (Lipinski definition) is 2. The molecule has 3 nitrogen and oxygen atoms in total. The van der Waals surface area contributed by atoms with Gasteiger partial charge in [-0.15, -0.1) is 0 Å². The van der Waals surface area contributed by atoms with E-state index in [1.807, 2.05) is 30.3 Å². The van der Waals surface area contributed by atoms with Crippen LogP contribution in [-0.2, 0) is 11.2 Å². The second kappa shape index (κ2) is 5.29. The van der Waals surface area contributed by atoms with Crippen LogP contribution in [0.25, 0.3) is 0 Å². The fraction of sp³-hybridized carbons (Fsp3) is 0.188. The van der Waals surface area contributed by atoms with Crippen LogP contribution in [0.4, 0.5) is 17.1 Å². The van der Waals surface area contributed by atoms with Crippen LogP contribution in [0.3, 0.4) is 0 Å². The van der Waals surface area contributed by atoms with Crippen molar-refractivity contribution in [3.8, 4) is 0 Å². The summed E-state index contributed by atoms with van der Waals surface area (Å²) in [6, 6.07) is 14.1. The zero-order valence-corrected chi connectivity index (χ0v) is 12.8. The molecule has 102 valence electrons. The zero-order valence-electron chi connectivity index (χ0n) is 11.2. The number of carbonyl (C=O) groups is 1. The quantitative estimate of drug-likeness (QED) is 0.898. The molecule has 1 amide bonds. The van der Waals surface area contributed by atoms with Gasteiger partial charge in [-0.2, -0.15) is 0 Å². The molecule has 0 aromatic heterocycles. The lowest BCUT2D eigenvalue weighted by atomic mass is 10.1. The Morgan fingerprint density at radius 1 is 1.20 bits per heavy atom. The molecule has 0 spiro atoms. The maximum Gasteiger partial charge on any atom is 0.250 e. The molecule has 0 unspecified atom stereocenters. The van der Waals surface area contributed by atoms with Gasteiger partial charge < -0.3 is 5.32 Å². The first-order valence-electron chi connectivity index (χ1n) is 6.64. The number of nitrogens with one attached hydrogen (secondary N) is 1. The third-order valence-electron chi connectivity index (χ3n) is 3.48. The molecule has 1 N–H and O–H groups in total. The number of halogens is 1. The third kappa shape index (κ3) is 2.31. The van der Waals surface area contributed by atoms with Gasteiger partial charge in [-0.1, -0.05) is 35.0 Å². The first kappa shape index (κ1) is 13.2. The Kier molecular flexibility index (Phi) is 3.49. The SMILES string of the molecule is CCc1ccc(N2C(=O)CNc3ccc(Br)cc32)cc1. The van der Waals surface area contributed by atoms with Gasteiger partial charge in [0.05, 0.1) is 17.9 Å². The molecular weight excluding hydrogens is 316 g/mol. The van der Waals surface area contributed by atoms with Crippen molar-refractivity contribution in [2.75, 3.05) is 16.8 Å². The third-order valence-corrected chi connectivity index (χ3v) is 3.98. The Labute approximate surface area is 126 Å². The van der Waals surface area contributed by atoms with E-state index >= 15 is 0 Å². The average molecular weight is 331 g/mol. The van der Waals surface area contributed by atoms with Gasteiger partial charge in [0, 0.05) is 10.2 Å². The molecule has 3 rings (SSSR count). The molecule has 0 fully saturated rings. The normalized spacial score (nSPS) is 13.9. The van der Waals surface area contributed by atoms with Crippen molar-refractivity contribution >= 4 is 38.9 Å². The highest BCUT2D eigenvalue weighted by molar-refractivity contribution is 9.10. The van der Waals surface area contributed by atoms with Crippen molar-refractivity contribution in [3.63, 3.8) is 0 Å². The van der Waals surface area contributed by atoms with Crippen LogP contribution in [0.15, 0.2) is 46.9 Å². The molecule has 20 heavy (non-hydrogen) atoms. The van der Waals surface area contributed by atoms with Crippen LogP contribution in [0.2, 0.25) is 0 Å². The standard InChI is InChI=1S/C16H15BrN2O/c1-2-11-3-6-13(7-4-11)19-15-9-12(17)5-8-14(15)18-10-16(19)20/h3-9,18H,2,10H2,1H3. The van der Waals surface area contributed by atoms with Gasteiger partial charge in [0.25, 0.3) is 5.91 Å². The van der Waals surface area contributed by atoms with Gasteiger partial charge in [-0.05, 0) is 42.3 Å². The van der Waals surface area contributed by atoms with Crippen molar-refractivity contribution in [2.45, 2.75) is 13.3 Å². The van der Waals surface area contributed by atoms with E-state index in [-0.39, 0.29) is 5.91 Å². The Balaban J connectivity index is 2.07. The maximum absolute atomic E-state index is 12.3. The maximum atomic E-state index is 12.3. The number of nitrogens with zero attached hydrogens (tertiary/aromatic N) is 1. The molecule has 1 aliphatic rings. The molecule has 4 heteroatoms. The number of fused-ring (bicyclic) bond motifs is 1. The molecule has 0 saturated heterocycles. The van der Waals surface area contributed by atoms with Gasteiger partial charge in [-0.3, -0.25) is 9.69 Å². The molecule has 1 aliphatic heterocycles. The molecular formula is C16H15BrN2O. The first-order chi connectivity index (χ1) is 9.69. The summed E-state index contributed by atoms with van der Waals surface area (Å²) in [7, 11) is 0. The molecule has 2 aromatic rings. The second-order valence-corrected chi connectivity index (χ2v) is 5.68. The van der Waals surface area contributed by atoms with Gasteiger partial charge in [0.2, 0.25) is 0 Å². The Hall–Kier alpha value is -1.81. The molecule has 1 heterocycles. The minimum atomic E-state index is 0.0554. The van der Waals surface area contributed by atoms with E-state index in [0.29, 0.717) is 6.54 Å². The predicted molar refractivity (Wildman–Crippen MR) is 85.6 cm³/mol. The lowest BCUT2D eigenvalue weighted by Crippen LogP contribution is -2.36. The summed E-state index contributed by atoms with van der Waals surface area (Å²) in [6.07, 6.45) is 0.998. The molecule has 0 atom stereocenters. The summed E-state index contributed by atoms with van der Waals surface area (Å²) >= 11 is 3.47. The number of anilines is 3. The number of carbonyl (C=O) groups excluding carboxylic acids is 1. The number of aryl methyl sites for hydroxylation is 1.